The van der Waals surface area contributed by atoms with E-state index in [0.717, 1.165) is 30.8 Å². The van der Waals surface area contributed by atoms with E-state index in [-0.39, 0.29) is 0 Å². The molecule has 0 amide bonds. The molecule has 1 aliphatic carbocycles. The number of fused-ring (bicyclic) bond motifs is 1. The number of aromatic nitrogens is 4. The fourth-order valence-electron chi connectivity index (χ4n) is 2.28. The predicted molar refractivity (Wildman–Crippen MR) is 64.8 cm³/mol. The minimum Gasteiger partial charge on any atom is -0.367 e. The largest absolute Gasteiger partial charge is 0.367 e. The first-order chi connectivity index (χ1) is 8.31. The van der Waals surface area contributed by atoms with Crippen LogP contribution >= 0.6 is 0 Å². The van der Waals surface area contributed by atoms with Gasteiger partial charge in [0.2, 0.25) is 0 Å². The molecule has 0 aromatic carbocycles. The third kappa shape index (κ3) is 2.13. The Bertz CT molecular complexity index is 519. The summed E-state index contributed by atoms with van der Waals surface area (Å²) in [4.78, 5) is 8.33. The van der Waals surface area contributed by atoms with Crippen LogP contribution in [0.15, 0.2) is 18.6 Å². The normalized spacial score (nSPS) is 18.8. The minimum atomic E-state index is 0.439. The van der Waals surface area contributed by atoms with Crippen LogP contribution in [0.5, 0.6) is 0 Å². The number of aromatic amines is 1. The lowest BCUT2D eigenvalue weighted by Gasteiger charge is -2.23. The standard InChI is InChI=1S/C12H15N5/c1-8-4-12(14-7-13-8)16-10-2-3-11-9(5-10)6-15-17-11/h4,6-7,10H,2-3,5H2,1H3,(H,15,17)(H,13,14,16). The second-order valence-corrected chi connectivity index (χ2v) is 4.50. The van der Waals surface area contributed by atoms with Crippen LogP contribution in [0.4, 0.5) is 5.82 Å². The van der Waals surface area contributed by atoms with Crippen LogP contribution < -0.4 is 5.32 Å². The summed E-state index contributed by atoms with van der Waals surface area (Å²) in [5.74, 6) is 0.912. The molecule has 1 atom stereocenters. The van der Waals surface area contributed by atoms with E-state index in [4.69, 9.17) is 0 Å². The summed E-state index contributed by atoms with van der Waals surface area (Å²) in [5.41, 5.74) is 3.59. The first-order valence-corrected chi connectivity index (χ1v) is 5.87. The molecule has 0 saturated carbocycles. The highest BCUT2D eigenvalue weighted by molar-refractivity contribution is 5.37. The van der Waals surface area contributed by atoms with Gasteiger partial charge in [0.25, 0.3) is 0 Å². The number of hydrogen-bond acceptors (Lipinski definition) is 4. The van der Waals surface area contributed by atoms with Gasteiger partial charge in [-0.2, -0.15) is 5.10 Å². The van der Waals surface area contributed by atoms with E-state index >= 15 is 0 Å². The van der Waals surface area contributed by atoms with Crippen molar-refractivity contribution in [1.82, 2.24) is 20.2 Å². The molecule has 3 rings (SSSR count). The lowest BCUT2D eigenvalue weighted by atomic mass is 9.93. The fraction of sp³-hybridized carbons (Fsp3) is 0.417. The molecule has 2 N–H and O–H groups in total. The van der Waals surface area contributed by atoms with E-state index in [2.05, 4.69) is 25.5 Å². The van der Waals surface area contributed by atoms with Gasteiger partial charge in [-0.25, -0.2) is 9.97 Å². The number of rotatable bonds is 2. The summed E-state index contributed by atoms with van der Waals surface area (Å²) in [6.07, 6.45) is 6.70. The zero-order chi connectivity index (χ0) is 11.7. The summed E-state index contributed by atoms with van der Waals surface area (Å²) in [6, 6.07) is 2.42. The highest BCUT2D eigenvalue weighted by Gasteiger charge is 2.20. The average molecular weight is 229 g/mol. The average Bonchev–Trinajstić information content (AvgIpc) is 2.76. The molecule has 0 bridgehead atoms. The van der Waals surface area contributed by atoms with Gasteiger partial charge in [-0.15, -0.1) is 0 Å². The lowest BCUT2D eigenvalue weighted by Crippen LogP contribution is -2.27. The zero-order valence-corrected chi connectivity index (χ0v) is 9.77. The van der Waals surface area contributed by atoms with E-state index in [9.17, 15) is 0 Å². The SMILES string of the molecule is Cc1cc(NC2CCc3[nH]ncc3C2)ncn1. The highest BCUT2D eigenvalue weighted by atomic mass is 15.1. The van der Waals surface area contributed by atoms with Crippen LogP contribution in [-0.2, 0) is 12.8 Å². The van der Waals surface area contributed by atoms with Crippen molar-refractivity contribution in [3.05, 3.63) is 35.5 Å². The summed E-state index contributed by atoms with van der Waals surface area (Å²) in [7, 11) is 0. The van der Waals surface area contributed by atoms with Gasteiger partial charge in [-0.3, -0.25) is 5.10 Å². The van der Waals surface area contributed by atoms with Crippen LogP contribution in [-0.4, -0.2) is 26.2 Å². The van der Waals surface area contributed by atoms with E-state index < -0.39 is 0 Å². The summed E-state index contributed by atoms with van der Waals surface area (Å²) >= 11 is 0. The van der Waals surface area contributed by atoms with Gasteiger partial charge in [0.05, 0.1) is 6.20 Å². The van der Waals surface area contributed by atoms with Gasteiger partial charge in [0.15, 0.2) is 0 Å². The van der Waals surface area contributed by atoms with Crippen molar-refractivity contribution in [3.8, 4) is 0 Å². The van der Waals surface area contributed by atoms with Gasteiger partial charge in [0.1, 0.15) is 12.1 Å². The summed E-state index contributed by atoms with van der Waals surface area (Å²) in [5, 5.41) is 10.6. The van der Waals surface area contributed by atoms with Crippen molar-refractivity contribution in [2.24, 2.45) is 0 Å². The molecule has 2 aromatic rings. The van der Waals surface area contributed by atoms with Gasteiger partial charge in [0, 0.05) is 23.5 Å². The maximum atomic E-state index is 4.23. The number of anilines is 1. The molecule has 0 spiro atoms. The Morgan fingerprint density at radius 3 is 3.24 bits per heavy atom. The number of aryl methyl sites for hydroxylation is 2. The molecule has 0 aliphatic heterocycles. The molecule has 2 aromatic heterocycles. The van der Waals surface area contributed by atoms with Crippen LogP contribution in [0.2, 0.25) is 0 Å². The van der Waals surface area contributed by atoms with Gasteiger partial charge in [-0.05, 0) is 31.7 Å². The quantitative estimate of drug-likeness (QED) is 0.818. The Hall–Kier alpha value is -1.91. The van der Waals surface area contributed by atoms with Crippen LogP contribution in [0.3, 0.4) is 0 Å². The molecule has 5 heteroatoms. The number of hydrogen-bond donors (Lipinski definition) is 2. The number of H-pyrrole nitrogens is 1. The lowest BCUT2D eigenvalue weighted by molar-refractivity contribution is 0.602. The summed E-state index contributed by atoms with van der Waals surface area (Å²) in [6.45, 7) is 1.97. The van der Waals surface area contributed by atoms with Crippen molar-refractivity contribution in [1.29, 1.82) is 0 Å². The van der Waals surface area contributed by atoms with Gasteiger partial charge < -0.3 is 5.32 Å². The van der Waals surface area contributed by atoms with E-state index in [1.807, 2.05) is 19.2 Å². The maximum Gasteiger partial charge on any atom is 0.129 e. The molecule has 0 radical (unpaired) electrons. The monoisotopic (exact) mass is 229 g/mol. The Morgan fingerprint density at radius 1 is 1.41 bits per heavy atom. The third-order valence-corrected chi connectivity index (χ3v) is 3.17. The smallest absolute Gasteiger partial charge is 0.129 e. The maximum absolute atomic E-state index is 4.23. The van der Waals surface area contributed by atoms with Crippen molar-refractivity contribution in [2.45, 2.75) is 32.2 Å². The molecule has 2 heterocycles. The van der Waals surface area contributed by atoms with E-state index in [1.165, 1.54) is 11.3 Å². The highest BCUT2D eigenvalue weighted by Crippen LogP contribution is 2.21. The Kier molecular flexibility index (Phi) is 2.51. The van der Waals surface area contributed by atoms with E-state index in [1.54, 1.807) is 6.33 Å². The Labute approximate surface area is 99.7 Å². The fourth-order valence-corrected chi connectivity index (χ4v) is 2.28. The molecule has 88 valence electrons. The van der Waals surface area contributed by atoms with Crippen LogP contribution in [0, 0.1) is 6.92 Å². The molecular formula is C12H15N5. The summed E-state index contributed by atoms with van der Waals surface area (Å²) < 4.78 is 0. The number of nitrogens with one attached hydrogen (secondary N) is 2. The van der Waals surface area contributed by atoms with Gasteiger partial charge in [-0.1, -0.05) is 0 Å². The first-order valence-electron chi connectivity index (χ1n) is 5.87. The second-order valence-electron chi connectivity index (χ2n) is 4.50. The Morgan fingerprint density at radius 2 is 2.35 bits per heavy atom. The molecule has 17 heavy (non-hydrogen) atoms. The molecular weight excluding hydrogens is 214 g/mol. The molecule has 1 unspecified atom stereocenters. The van der Waals surface area contributed by atoms with Crippen molar-refractivity contribution >= 4 is 5.82 Å². The minimum absolute atomic E-state index is 0.439. The first kappa shape index (κ1) is 10.3. The zero-order valence-electron chi connectivity index (χ0n) is 9.77. The van der Waals surface area contributed by atoms with Gasteiger partial charge >= 0.3 is 0 Å². The van der Waals surface area contributed by atoms with Crippen molar-refractivity contribution in [2.75, 3.05) is 5.32 Å². The van der Waals surface area contributed by atoms with Crippen molar-refractivity contribution < 1.29 is 0 Å². The van der Waals surface area contributed by atoms with Crippen LogP contribution in [0.25, 0.3) is 0 Å². The number of nitrogens with zero attached hydrogens (tertiary/aromatic N) is 3. The van der Waals surface area contributed by atoms with E-state index in [0.29, 0.717) is 6.04 Å². The van der Waals surface area contributed by atoms with Crippen LogP contribution in [0.1, 0.15) is 23.4 Å². The Balaban J connectivity index is 1.72. The van der Waals surface area contributed by atoms with Crippen molar-refractivity contribution in [3.63, 3.8) is 0 Å². The molecule has 1 aliphatic rings. The molecule has 0 saturated heterocycles. The second kappa shape index (κ2) is 4.16. The molecule has 5 nitrogen and oxygen atoms in total. The molecule has 0 fully saturated rings. The third-order valence-electron chi connectivity index (χ3n) is 3.17. The predicted octanol–water partition coefficient (Wildman–Crippen LogP) is 1.48. The topological polar surface area (TPSA) is 66.5 Å².